The maximum atomic E-state index is 12.7. The molecular weight excluding hydrogens is 410 g/mol. The number of aliphatic hydroxyl groups excluding tert-OH is 5. The normalized spacial score (nSPS) is 36.8. The predicted molar refractivity (Wildman–Crippen MR) is 110 cm³/mol. The summed E-state index contributed by atoms with van der Waals surface area (Å²) in [5.41, 5.74) is 0. The minimum absolute atomic E-state index is 0.165. The fourth-order valence-electron chi connectivity index (χ4n) is 3.56. The van der Waals surface area contributed by atoms with Crippen LogP contribution in [0.5, 0.6) is 0 Å². The van der Waals surface area contributed by atoms with Gasteiger partial charge in [-0.1, -0.05) is 39.3 Å². The van der Waals surface area contributed by atoms with Crippen LogP contribution in [0, 0.1) is 5.92 Å². The highest BCUT2D eigenvalue weighted by molar-refractivity contribution is 5.78. The second kappa shape index (κ2) is 12.2. The quantitative estimate of drug-likeness (QED) is 0.284. The topological polar surface area (TPSA) is 149 Å². The Kier molecular flexibility index (Phi) is 10.3. The van der Waals surface area contributed by atoms with E-state index in [0.29, 0.717) is 13.0 Å². The molecule has 0 radical (unpaired) electrons. The molecule has 180 valence electrons. The van der Waals surface area contributed by atoms with Crippen molar-refractivity contribution in [3.05, 3.63) is 12.2 Å². The summed E-state index contributed by atoms with van der Waals surface area (Å²) in [5.74, 6) is -0.525. The Labute approximate surface area is 183 Å². The number of carbonyl (C=O) groups is 1. The molecule has 0 bridgehead atoms. The lowest BCUT2D eigenvalue weighted by atomic mass is 10.0. The zero-order valence-corrected chi connectivity index (χ0v) is 18.4. The van der Waals surface area contributed by atoms with E-state index in [9.17, 15) is 30.3 Å². The van der Waals surface area contributed by atoms with Gasteiger partial charge in [-0.25, -0.2) is 0 Å². The lowest BCUT2D eigenvalue weighted by Gasteiger charge is -2.44. The van der Waals surface area contributed by atoms with Crippen molar-refractivity contribution < 1.29 is 44.5 Å². The molecule has 0 aromatic carbocycles. The monoisotopic (exact) mass is 447 g/mol. The molecule has 8 atom stereocenters. The van der Waals surface area contributed by atoms with Gasteiger partial charge in [0, 0.05) is 12.5 Å². The van der Waals surface area contributed by atoms with Gasteiger partial charge >= 0.3 is 0 Å². The Morgan fingerprint density at radius 2 is 1.68 bits per heavy atom. The maximum Gasteiger partial charge on any atom is 0.227 e. The number of hydrogen-bond donors (Lipinski definition) is 5. The number of aliphatic hydroxyl groups is 5. The van der Waals surface area contributed by atoms with Crippen molar-refractivity contribution in [2.24, 2.45) is 5.92 Å². The molecule has 2 aliphatic heterocycles. The molecule has 8 unspecified atom stereocenters. The highest BCUT2D eigenvalue weighted by Crippen LogP contribution is 2.26. The van der Waals surface area contributed by atoms with E-state index in [1.807, 2.05) is 12.2 Å². The lowest BCUT2D eigenvalue weighted by molar-refractivity contribution is -0.316. The van der Waals surface area contributed by atoms with E-state index >= 15 is 0 Å². The molecular formula is C21H37NO9. The molecule has 31 heavy (non-hydrogen) atoms. The highest BCUT2D eigenvalue weighted by Gasteiger charge is 2.46. The van der Waals surface area contributed by atoms with Crippen molar-refractivity contribution in [3.63, 3.8) is 0 Å². The minimum Gasteiger partial charge on any atom is -0.388 e. The molecule has 2 heterocycles. The zero-order chi connectivity index (χ0) is 23.1. The summed E-state index contributed by atoms with van der Waals surface area (Å²) in [7, 11) is 0. The van der Waals surface area contributed by atoms with Crippen LogP contribution in [-0.2, 0) is 19.0 Å². The van der Waals surface area contributed by atoms with Gasteiger partial charge in [-0.3, -0.25) is 4.79 Å². The molecule has 2 aliphatic rings. The van der Waals surface area contributed by atoms with E-state index in [1.54, 1.807) is 13.8 Å². The third-order valence-corrected chi connectivity index (χ3v) is 5.46. The number of allylic oxidation sites excluding steroid dienone is 1. The summed E-state index contributed by atoms with van der Waals surface area (Å²) < 4.78 is 16.4. The Bertz CT molecular complexity index is 587. The van der Waals surface area contributed by atoms with E-state index in [-0.39, 0.29) is 25.0 Å². The average Bonchev–Trinajstić information content (AvgIpc) is 2.74. The van der Waals surface area contributed by atoms with Gasteiger partial charge in [0.2, 0.25) is 5.91 Å². The van der Waals surface area contributed by atoms with Crippen LogP contribution in [0.3, 0.4) is 0 Å². The van der Waals surface area contributed by atoms with Crippen molar-refractivity contribution in [1.82, 2.24) is 4.90 Å². The summed E-state index contributed by atoms with van der Waals surface area (Å²) >= 11 is 0. The third-order valence-electron chi connectivity index (χ3n) is 5.46. The predicted octanol–water partition coefficient (Wildman–Crippen LogP) is -0.880. The van der Waals surface area contributed by atoms with E-state index in [2.05, 4.69) is 6.92 Å². The average molecular weight is 448 g/mol. The second-order valence-corrected chi connectivity index (χ2v) is 8.36. The largest absolute Gasteiger partial charge is 0.388 e. The van der Waals surface area contributed by atoms with Crippen molar-refractivity contribution in [1.29, 1.82) is 0 Å². The fourth-order valence-corrected chi connectivity index (χ4v) is 3.56. The zero-order valence-electron chi connectivity index (χ0n) is 18.4. The van der Waals surface area contributed by atoms with Gasteiger partial charge in [-0.15, -0.1) is 0 Å². The van der Waals surface area contributed by atoms with E-state index in [4.69, 9.17) is 14.2 Å². The molecule has 2 fully saturated rings. The number of rotatable bonds is 9. The minimum atomic E-state index is -1.53. The van der Waals surface area contributed by atoms with Gasteiger partial charge in [0.05, 0.1) is 13.2 Å². The Morgan fingerprint density at radius 3 is 2.32 bits per heavy atom. The Morgan fingerprint density at radius 1 is 1.00 bits per heavy atom. The van der Waals surface area contributed by atoms with Crippen molar-refractivity contribution in [2.45, 2.75) is 89.2 Å². The number of nitrogens with zero attached hydrogens (tertiary/aromatic N) is 1. The van der Waals surface area contributed by atoms with Gasteiger partial charge in [-0.2, -0.15) is 0 Å². The smallest absolute Gasteiger partial charge is 0.227 e. The summed E-state index contributed by atoms with van der Waals surface area (Å²) in [6.45, 7) is 5.49. The third kappa shape index (κ3) is 6.69. The van der Waals surface area contributed by atoms with Gasteiger partial charge in [0.25, 0.3) is 0 Å². The molecule has 0 spiro atoms. The van der Waals surface area contributed by atoms with E-state index in [1.165, 1.54) is 4.90 Å². The van der Waals surface area contributed by atoms with Crippen molar-refractivity contribution in [2.75, 3.05) is 19.8 Å². The molecule has 10 nitrogen and oxygen atoms in total. The lowest BCUT2D eigenvalue weighted by Crippen LogP contribution is -2.63. The number of ether oxygens (including phenoxy) is 3. The first-order valence-electron chi connectivity index (χ1n) is 10.9. The molecule has 0 saturated carbocycles. The molecule has 0 aliphatic carbocycles. The first-order valence-corrected chi connectivity index (χ1v) is 10.9. The van der Waals surface area contributed by atoms with Gasteiger partial charge in [-0.05, 0) is 12.8 Å². The molecule has 2 saturated heterocycles. The number of hydrogen-bond acceptors (Lipinski definition) is 9. The fraction of sp³-hybridized carbons (Fsp3) is 0.857. The second-order valence-electron chi connectivity index (χ2n) is 8.36. The molecule has 1 amide bonds. The highest BCUT2D eigenvalue weighted by atomic mass is 16.7. The maximum absolute atomic E-state index is 12.7. The Hall–Kier alpha value is -1.11. The van der Waals surface area contributed by atoms with E-state index in [0.717, 1.165) is 12.8 Å². The number of carbonyl (C=O) groups excluding carboxylic acids is 1. The van der Waals surface area contributed by atoms with Crippen LogP contribution < -0.4 is 0 Å². The van der Waals surface area contributed by atoms with Crippen LogP contribution in [0.15, 0.2) is 12.2 Å². The van der Waals surface area contributed by atoms with Gasteiger partial charge in [0.1, 0.15) is 36.6 Å². The van der Waals surface area contributed by atoms with Gasteiger partial charge in [0.15, 0.2) is 12.5 Å². The SMILES string of the molecule is CCC/C=C\CCN(C(=O)C(C)C)C1OCC(OC2OCC(O)C(O)C2O)C(O)C1O. The number of unbranched alkanes of at least 4 members (excludes halogenated alkanes) is 1. The molecule has 2 rings (SSSR count). The summed E-state index contributed by atoms with van der Waals surface area (Å²) in [4.78, 5) is 14.1. The van der Waals surface area contributed by atoms with E-state index < -0.39 is 49.1 Å². The molecule has 5 N–H and O–H groups in total. The summed E-state index contributed by atoms with van der Waals surface area (Å²) in [6.07, 6.45) is -3.95. The van der Waals surface area contributed by atoms with Crippen molar-refractivity contribution >= 4 is 5.91 Å². The standard InChI is InChI=1S/C21H37NO9/c1-4-5-6-7-8-9-22(19(28)12(2)3)20-17(26)16(25)14(11-29-20)31-21-18(27)15(24)13(23)10-30-21/h6-7,12-18,20-21,23-27H,4-5,8-11H2,1-3H3/b7-6-. The summed E-state index contributed by atoms with van der Waals surface area (Å²) in [5, 5.41) is 50.6. The first kappa shape index (κ1) is 26.1. The van der Waals surface area contributed by atoms with Crippen LogP contribution in [0.4, 0.5) is 0 Å². The van der Waals surface area contributed by atoms with Crippen LogP contribution in [0.2, 0.25) is 0 Å². The van der Waals surface area contributed by atoms with Crippen LogP contribution >= 0.6 is 0 Å². The first-order chi connectivity index (χ1) is 14.7. The van der Waals surface area contributed by atoms with Gasteiger partial charge < -0.3 is 44.6 Å². The van der Waals surface area contributed by atoms with Crippen LogP contribution in [-0.4, -0.2) is 105 Å². The Balaban J connectivity index is 2.02. The van der Waals surface area contributed by atoms with Crippen LogP contribution in [0.1, 0.15) is 40.0 Å². The van der Waals surface area contributed by atoms with Crippen LogP contribution in [0.25, 0.3) is 0 Å². The van der Waals surface area contributed by atoms with Crippen molar-refractivity contribution in [3.8, 4) is 0 Å². The number of amides is 1. The molecule has 10 heteroatoms. The molecule has 0 aromatic heterocycles. The molecule has 0 aromatic rings. The summed E-state index contributed by atoms with van der Waals surface area (Å²) in [6, 6.07) is 0.